The predicted octanol–water partition coefficient (Wildman–Crippen LogP) is 4.21. The Kier molecular flexibility index (Phi) is 6.33. The van der Waals surface area contributed by atoms with Crippen molar-refractivity contribution in [3.05, 3.63) is 66.8 Å². The summed E-state index contributed by atoms with van der Waals surface area (Å²) in [6, 6.07) is 8.07. The molecule has 4 aromatic rings. The molecule has 0 bridgehead atoms. The number of aryl methyl sites for hydroxylation is 1. The highest BCUT2D eigenvalue weighted by Gasteiger charge is 2.20. The Bertz CT molecular complexity index is 1380. The van der Waals surface area contributed by atoms with Crippen molar-refractivity contribution in [1.29, 1.82) is 0 Å². The van der Waals surface area contributed by atoms with E-state index in [9.17, 15) is 4.79 Å². The van der Waals surface area contributed by atoms with Gasteiger partial charge in [0.1, 0.15) is 11.3 Å². The van der Waals surface area contributed by atoms with Gasteiger partial charge in [-0.2, -0.15) is 10.2 Å². The van der Waals surface area contributed by atoms with Gasteiger partial charge in [-0.25, -0.2) is 9.50 Å². The average molecular weight is 472 g/mol. The van der Waals surface area contributed by atoms with E-state index in [0.29, 0.717) is 29.1 Å². The molecule has 9 heteroatoms. The van der Waals surface area contributed by atoms with Gasteiger partial charge in [-0.3, -0.25) is 14.4 Å². The Balaban J connectivity index is 1.33. The molecular formula is C26H29N7O2. The van der Waals surface area contributed by atoms with Gasteiger partial charge in [0.15, 0.2) is 0 Å². The molecule has 1 aromatic carbocycles. The van der Waals surface area contributed by atoms with Gasteiger partial charge in [-0.05, 0) is 45.0 Å². The van der Waals surface area contributed by atoms with Crippen LogP contribution in [0.2, 0.25) is 0 Å². The molecule has 1 fully saturated rings. The van der Waals surface area contributed by atoms with Crippen molar-refractivity contribution < 1.29 is 9.53 Å². The van der Waals surface area contributed by atoms with Crippen molar-refractivity contribution in [1.82, 2.24) is 29.3 Å². The summed E-state index contributed by atoms with van der Waals surface area (Å²) >= 11 is 0. The van der Waals surface area contributed by atoms with Gasteiger partial charge in [-0.15, -0.1) is 0 Å². The number of aromatic nitrogens is 5. The van der Waals surface area contributed by atoms with Gasteiger partial charge in [0.2, 0.25) is 11.8 Å². The van der Waals surface area contributed by atoms with Gasteiger partial charge in [0, 0.05) is 48.7 Å². The Morgan fingerprint density at radius 3 is 2.86 bits per heavy atom. The number of carbonyl (C=O) groups is 1. The topological polar surface area (TPSA) is 89.6 Å². The van der Waals surface area contributed by atoms with Crippen LogP contribution in [-0.4, -0.2) is 54.8 Å². The number of fused-ring (bicyclic) bond motifs is 1. The number of hydrogen-bond donors (Lipinski definition) is 1. The molecule has 1 aliphatic rings. The molecule has 1 amide bonds. The number of carbonyl (C=O) groups excluding carboxylic acids is 1. The zero-order chi connectivity index (χ0) is 24.4. The second-order valence-corrected chi connectivity index (χ2v) is 8.94. The lowest BCUT2D eigenvalue weighted by Gasteiger charge is -2.33. The van der Waals surface area contributed by atoms with Crippen LogP contribution in [-0.2, 0) is 11.8 Å². The first-order valence-corrected chi connectivity index (χ1v) is 11.8. The summed E-state index contributed by atoms with van der Waals surface area (Å²) in [5.74, 6) is 0.868. The van der Waals surface area contributed by atoms with Crippen molar-refractivity contribution in [2.24, 2.45) is 7.05 Å². The summed E-state index contributed by atoms with van der Waals surface area (Å²) in [4.78, 5) is 19.5. The first-order valence-electron chi connectivity index (χ1n) is 11.8. The molecule has 0 atom stereocenters. The smallest absolute Gasteiger partial charge is 0.248 e. The number of likely N-dealkylation sites (N-methyl/N-ethyl adjacent to an activating group) is 1. The summed E-state index contributed by atoms with van der Waals surface area (Å²) in [6.07, 6.45) is 14.5. The van der Waals surface area contributed by atoms with Gasteiger partial charge in [0.25, 0.3) is 0 Å². The monoisotopic (exact) mass is 471 g/mol. The highest BCUT2D eigenvalue weighted by Crippen LogP contribution is 2.32. The van der Waals surface area contributed by atoms with E-state index in [2.05, 4.69) is 27.5 Å². The quantitative estimate of drug-likeness (QED) is 0.387. The molecule has 1 aliphatic carbocycles. The fraction of sp³-hybridized carbons (Fsp3) is 0.308. The minimum atomic E-state index is -0.165. The fourth-order valence-electron chi connectivity index (χ4n) is 4.11. The SMILES string of the molecule is Cc1c(NC(=O)C=CCN(C)C2CCC2)cccc1Oc1nc(-c2cnn(C)c2)cn2nccc12. The Hall–Kier alpha value is -3.98. The molecular weight excluding hydrogens is 442 g/mol. The van der Waals surface area contributed by atoms with Gasteiger partial charge >= 0.3 is 0 Å². The summed E-state index contributed by atoms with van der Waals surface area (Å²) in [7, 11) is 3.96. The van der Waals surface area contributed by atoms with E-state index >= 15 is 0 Å². The molecule has 0 saturated heterocycles. The molecule has 3 heterocycles. The zero-order valence-corrected chi connectivity index (χ0v) is 20.2. The summed E-state index contributed by atoms with van der Waals surface area (Å²) in [5.41, 5.74) is 3.81. The first kappa shape index (κ1) is 22.8. The molecule has 0 radical (unpaired) electrons. The molecule has 0 aliphatic heterocycles. The van der Waals surface area contributed by atoms with Crippen LogP contribution in [0.4, 0.5) is 5.69 Å². The number of anilines is 1. The second kappa shape index (κ2) is 9.71. The van der Waals surface area contributed by atoms with Crippen molar-refractivity contribution >= 4 is 17.1 Å². The Labute approximate surface area is 204 Å². The van der Waals surface area contributed by atoms with Crippen LogP contribution in [0.5, 0.6) is 11.6 Å². The molecule has 1 saturated carbocycles. The zero-order valence-electron chi connectivity index (χ0n) is 20.2. The van der Waals surface area contributed by atoms with Crippen molar-refractivity contribution in [3.63, 3.8) is 0 Å². The molecule has 180 valence electrons. The number of nitrogens with zero attached hydrogens (tertiary/aromatic N) is 6. The molecule has 3 aromatic heterocycles. The maximum atomic E-state index is 12.5. The van der Waals surface area contributed by atoms with E-state index in [1.54, 1.807) is 27.7 Å². The summed E-state index contributed by atoms with van der Waals surface area (Å²) in [6.45, 7) is 2.68. The van der Waals surface area contributed by atoms with Crippen LogP contribution in [0.3, 0.4) is 0 Å². The van der Waals surface area contributed by atoms with Gasteiger partial charge in [0.05, 0.1) is 24.3 Å². The molecule has 0 unspecified atom stereocenters. The third-order valence-electron chi connectivity index (χ3n) is 6.47. The van der Waals surface area contributed by atoms with Crippen molar-refractivity contribution in [3.8, 4) is 22.9 Å². The van der Waals surface area contributed by atoms with Gasteiger partial charge in [-0.1, -0.05) is 18.6 Å². The minimum Gasteiger partial charge on any atom is -0.437 e. The lowest BCUT2D eigenvalue weighted by atomic mass is 9.92. The maximum absolute atomic E-state index is 12.5. The van der Waals surface area contributed by atoms with E-state index in [4.69, 9.17) is 9.72 Å². The van der Waals surface area contributed by atoms with Gasteiger partial charge < -0.3 is 10.1 Å². The lowest BCUT2D eigenvalue weighted by Crippen LogP contribution is -2.37. The van der Waals surface area contributed by atoms with E-state index in [0.717, 1.165) is 23.2 Å². The predicted molar refractivity (Wildman–Crippen MR) is 134 cm³/mol. The van der Waals surface area contributed by atoms with Crippen LogP contribution in [0.1, 0.15) is 24.8 Å². The molecule has 5 rings (SSSR count). The lowest BCUT2D eigenvalue weighted by molar-refractivity contribution is -0.111. The number of amides is 1. The number of rotatable bonds is 8. The Morgan fingerprint density at radius 1 is 1.26 bits per heavy atom. The molecule has 1 N–H and O–H groups in total. The van der Waals surface area contributed by atoms with E-state index < -0.39 is 0 Å². The maximum Gasteiger partial charge on any atom is 0.248 e. The molecule has 35 heavy (non-hydrogen) atoms. The van der Waals surface area contributed by atoms with Crippen LogP contribution in [0.25, 0.3) is 16.8 Å². The number of hydrogen-bond acceptors (Lipinski definition) is 6. The minimum absolute atomic E-state index is 0.165. The number of nitrogens with one attached hydrogen (secondary N) is 1. The third kappa shape index (κ3) is 4.95. The molecule has 0 spiro atoms. The van der Waals surface area contributed by atoms with E-state index in [1.165, 1.54) is 19.3 Å². The average Bonchev–Trinajstić information content (AvgIpc) is 3.44. The number of ether oxygens (including phenoxy) is 1. The van der Waals surface area contributed by atoms with E-state index in [-0.39, 0.29) is 5.91 Å². The Morgan fingerprint density at radius 2 is 2.11 bits per heavy atom. The van der Waals surface area contributed by atoms with Crippen molar-refractivity contribution in [2.75, 3.05) is 18.9 Å². The number of benzene rings is 1. The first-order chi connectivity index (χ1) is 17.0. The van der Waals surface area contributed by atoms with Crippen LogP contribution < -0.4 is 10.1 Å². The second-order valence-electron chi connectivity index (χ2n) is 8.94. The fourth-order valence-corrected chi connectivity index (χ4v) is 4.11. The summed E-state index contributed by atoms with van der Waals surface area (Å²) in [5, 5.41) is 11.6. The van der Waals surface area contributed by atoms with Crippen molar-refractivity contribution in [2.45, 2.75) is 32.2 Å². The standard InChI is InChI=1S/C26H29N7O2/c1-18-21(29-25(34)11-6-14-31(2)20-7-4-8-20)9-5-10-24(18)35-26-23-12-13-27-33(23)17-22(30-26)19-15-28-32(3)16-19/h5-6,9-13,15-17,20H,4,7-8,14H2,1-3H3,(H,29,34). The summed E-state index contributed by atoms with van der Waals surface area (Å²) < 4.78 is 9.71. The third-order valence-corrected chi connectivity index (χ3v) is 6.47. The van der Waals surface area contributed by atoms with Crippen LogP contribution in [0.15, 0.2) is 61.2 Å². The normalized spacial score (nSPS) is 14.1. The van der Waals surface area contributed by atoms with Crippen LogP contribution in [0, 0.1) is 6.92 Å². The molecule has 9 nitrogen and oxygen atoms in total. The largest absolute Gasteiger partial charge is 0.437 e. The van der Waals surface area contributed by atoms with E-state index in [1.807, 2.05) is 56.7 Å². The highest BCUT2D eigenvalue weighted by molar-refractivity contribution is 6.00. The van der Waals surface area contributed by atoms with Crippen LogP contribution >= 0.6 is 0 Å². The highest BCUT2D eigenvalue weighted by atomic mass is 16.5.